The van der Waals surface area contributed by atoms with Crippen molar-refractivity contribution in [2.24, 2.45) is 5.73 Å². The number of nitrogens with two attached hydrogens (primary N) is 1. The van der Waals surface area contributed by atoms with Crippen LogP contribution in [-0.2, 0) is 9.53 Å². The van der Waals surface area contributed by atoms with Gasteiger partial charge in [0.2, 0.25) is 0 Å². The second-order valence-corrected chi connectivity index (χ2v) is 4.47. The summed E-state index contributed by atoms with van der Waals surface area (Å²) in [7, 11) is 1.29. The molecule has 6 heteroatoms. The smallest absolute Gasteiger partial charge is 0.327 e. The van der Waals surface area contributed by atoms with E-state index < -0.39 is 12.0 Å². The van der Waals surface area contributed by atoms with Gasteiger partial charge in [-0.1, -0.05) is 0 Å². The molecule has 5 nitrogen and oxygen atoms in total. The van der Waals surface area contributed by atoms with Crippen LogP contribution in [-0.4, -0.2) is 22.9 Å². The maximum absolute atomic E-state index is 13.0. The standard InChI is InChI=1S/C14H16FN3O2/c1-8-12(13(16)14(19)20-3)9(2)18(17-8)11-6-4-10(15)5-7-11/h4-7,13H,16H2,1-3H3. The minimum absolute atomic E-state index is 0.318. The lowest BCUT2D eigenvalue weighted by Gasteiger charge is -2.10. The van der Waals surface area contributed by atoms with Crippen molar-refractivity contribution < 1.29 is 13.9 Å². The second kappa shape index (κ2) is 5.42. The van der Waals surface area contributed by atoms with E-state index in [4.69, 9.17) is 5.73 Å². The van der Waals surface area contributed by atoms with Crippen molar-refractivity contribution in [3.05, 3.63) is 47.0 Å². The van der Waals surface area contributed by atoms with Crippen molar-refractivity contribution in [3.8, 4) is 5.69 Å². The number of carbonyl (C=O) groups excluding carboxylic acids is 1. The number of methoxy groups -OCH3 is 1. The highest BCUT2D eigenvalue weighted by Crippen LogP contribution is 2.23. The van der Waals surface area contributed by atoms with Gasteiger partial charge in [0.1, 0.15) is 11.9 Å². The Hall–Kier alpha value is -2.21. The van der Waals surface area contributed by atoms with Gasteiger partial charge in [-0.05, 0) is 38.1 Å². The molecular formula is C14H16FN3O2. The summed E-state index contributed by atoms with van der Waals surface area (Å²) in [5, 5.41) is 4.35. The number of esters is 1. The first-order chi connectivity index (χ1) is 9.45. The number of benzene rings is 1. The molecule has 0 bridgehead atoms. The molecule has 2 N–H and O–H groups in total. The highest BCUT2D eigenvalue weighted by molar-refractivity contribution is 5.78. The van der Waals surface area contributed by atoms with Crippen molar-refractivity contribution >= 4 is 5.97 Å². The van der Waals surface area contributed by atoms with Gasteiger partial charge in [0.15, 0.2) is 0 Å². The van der Waals surface area contributed by atoms with Gasteiger partial charge in [-0.2, -0.15) is 5.10 Å². The number of ether oxygens (including phenoxy) is 1. The summed E-state index contributed by atoms with van der Waals surface area (Å²) in [5.41, 5.74) is 8.58. The van der Waals surface area contributed by atoms with Crippen LogP contribution in [0.25, 0.3) is 5.69 Å². The van der Waals surface area contributed by atoms with E-state index in [1.165, 1.54) is 19.2 Å². The van der Waals surface area contributed by atoms with Gasteiger partial charge >= 0.3 is 5.97 Å². The van der Waals surface area contributed by atoms with Crippen molar-refractivity contribution in [3.63, 3.8) is 0 Å². The third-order valence-corrected chi connectivity index (χ3v) is 3.18. The van der Waals surface area contributed by atoms with Crippen LogP contribution < -0.4 is 5.73 Å². The summed E-state index contributed by atoms with van der Waals surface area (Å²) in [6.07, 6.45) is 0. The predicted molar refractivity (Wildman–Crippen MR) is 71.9 cm³/mol. The Kier molecular flexibility index (Phi) is 3.85. The molecule has 20 heavy (non-hydrogen) atoms. The van der Waals surface area contributed by atoms with Crippen LogP contribution in [0.2, 0.25) is 0 Å². The molecule has 0 saturated heterocycles. The van der Waals surface area contributed by atoms with Crippen LogP contribution in [0.5, 0.6) is 0 Å². The maximum atomic E-state index is 13.0. The van der Waals surface area contributed by atoms with Crippen LogP contribution in [0, 0.1) is 19.7 Å². The Bertz CT molecular complexity index is 635. The fourth-order valence-corrected chi connectivity index (χ4v) is 2.18. The summed E-state index contributed by atoms with van der Waals surface area (Å²) in [5.74, 6) is -0.836. The quantitative estimate of drug-likeness (QED) is 0.868. The Labute approximate surface area is 116 Å². The Morgan fingerprint density at radius 2 is 1.95 bits per heavy atom. The minimum Gasteiger partial charge on any atom is -0.468 e. The molecule has 0 amide bonds. The fourth-order valence-electron chi connectivity index (χ4n) is 2.18. The highest BCUT2D eigenvalue weighted by Gasteiger charge is 2.24. The van der Waals surface area contributed by atoms with Crippen LogP contribution >= 0.6 is 0 Å². The van der Waals surface area contributed by atoms with Gasteiger partial charge in [0, 0.05) is 11.3 Å². The molecule has 1 atom stereocenters. The van der Waals surface area contributed by atoms with Crippen LogP contribution in [0.1, 0.15) is 23.0 Å². The molecule has 0 aliphatic rings. The largest absolute Gasteiger partial charge is 0.468 e. The van der Waals surface area contributed by atoms with Gasteiger partial charge in [-0.15, -0.1) is 0 Å². The molecule has 0 saturated carbocycles. The zero-order valence-electron chi connectivity index (χ0n) is 11.6. The normalized spacial score (nSPS) is 12.2. The molecule has 1 heterocycles. The molecule has 0 spiro atoms. The lowest BCUT2D eigenvalue weighted by molar-refractivity contribution is -0.142. The maximum Gasteiger partial charge on any atom is 0.327 e. The number of aryl methyl sites for hydroxylation is 1. The van der Waals surface area contributed by atoms with Crippen molar-refractivity contribution in [1.29, 1.82) is 0 Å². The summed E-state index contributed by atoms with van der Waals surface area (Å²) in [4.78, 5) is 11.6. The molecule has 1 unspecified atom stereocenters. The number of halogens is 1. The minimum atomic E-state index is -0.880. The average molecular weight is 277 g/mol. The van der Waals surface area contributed by atoms with Crippen LogP contribution in [0.3, 0.4) is 0 Å². The number of hydrogen-bond donors (Lipinski definition) is 1. The molecular weight excluding hydrogens is 261 g/mol. The molecule has 0 aliphatic carbocycles. The van der Waals surface area contributed by atoms with E-state index in [0.717, 1.165) is 5.69 Å². The van der Waals surface area contributed by atoms with Crippen molar-refractivity contribution in [2.75, 3.05) is 7.11 Å². The van der Waals surface area contributed by atoms with E-state index >= 15 is 0 Å². The molecule has 2 rings (SSSR count). The lowest BCUT2D eigenvalue weighted by Crippen LogP contribution is -2.23. The summed E-state index contributed by atoms with van der Waals surface area (Å²) in [6.45, 7) is 3.58. The number of carbonyl (C=O) groups is 1. The van der Waals surface area contributed by atoms with E-state index in [1.807, 2.05) is 6.92 Å². The SMILES string of the molecule is COC(=O)C(N)c1c(C)nn(-c2ccc(F)cc2)c1C. The third kappa shape index (κ3) is 2.42. The molecule has 1 aromatic carbocycles. The van der Waals surface area contributed by atoms with Crippen molar-refractivity contribution in [1.82, 2.24) is 9.78 Å². The first-order valence-corrected chi connectivity index (χ1v) is 6.11. The lowest BCUT2D eigenvalue weighted by atomic mass is 10.1. The van der Waals surface area contributed by atoms with Gasteiger partial charge < -0.3 is 10.5 Å². The topological polar surface area (TPSA) is 70.1 Å². The number of hydrogen-bond acceptors (Lipinski definition) is 4. The Balaban J connectivity index is 2.48. The van der Waals surface area contributed by atoms with E-state index in [1.54, 1.807) is 23.7 Å². The van der Waals surface area contributed by atoms with E-state index in [9.17, 15) is 9.18 Å². The summed E-state index contributed by atoms with van der Waals surface area (Å²) >= 11 is 0. The monoisotopic (exact) mass is 277 g/mol. The van der Waals surface area contributed by atoms with Gasteiger partial charge in [0.05, 0.1) is 18.5 Å². The molecule has 2 aromatic rings. The summed E-state index contributed by atoms with van der Waals surface area (Å²) in [6, 6.07) is 5.05. The number of aromatic nitrogens is 2. The van der Waals surface area contributed by atoms with Crippen LogP contribution in [0.15, 0.2) is 24.3 Å². The Morgan fingerprint density at radius 1 is 1.35 bits per heavy atom. The molecule has 0 fully saturated rings. The number of rotatable bonds is 3. The zero-order valence-corrected chi connectivity index (χ0v) is 11.6. The first-order valence-electron chi connectivity index (χ1n) is 6.11. The molecule has 1 aromatic heterocycles. The first kappa shape index (κ1) is 14.2. The average Bonchev–Trinajstić information content (AvgIpc) is 2.73. The summed E-state index contributed by atoms with van der Waals surface area (Å²) < 4.78 is 19.2. The van der Waals surface area contributed by atoms with E-state index in [2.05, 4.69) is 9.84 Å². The van der Waals surface area contributed by atoms with E-state index in [0.29, 0.717) is 16.9 Å². The zero-order chi connectivity index (χ0) is 14.9. The third-order valence-electron chi connectivity index (χ3n) is 3.18. The second-order valence-electron chi connectivity index (χ2n) is 4.47. The molecule has 106 valence electrons. The van der Waals surface area contributed by atoms with Gasteiger partial charge in [-0.25, -0.2) is 9.07 Å². The molecule has 0 radical (unpaired) electrons. The van der Waals surface area contributed by atoms with Crippen LogP contribution in [0.4, 0.5) is 4.39 Å². The number of nitrogens with zero attached hydrogens (tertiary/aromatic N) is 2. The fraction of sp³-hybridized carbons (Fsp3) is 0.286. The van der Waals surface area contributed by atoms with Gasteiger partial charge in [-0.3, -0.25) is 4.79 Å². The van der Waals surface area contributed by atoms with E-state index in [-0.39, 0.29) is 5.82 Å². The predicted octanol–water partition coefficient (Wildman–Crippen LogP) is 1.80. The Morgan fingerprint density at radius 3 is 2.50 bits per heavy atom. The van der Waals surface area contributed by atoms with Crippen molar-refractivity contribution in [2.45, 2.75) is 19.9 Å². The van der Waals surface area contributed by atoms with Gasteiger partial charge in [0.25, 0.3) is 0 Å². The highest BCUT2D eigenvalue weighted by atomic mass is 19.1. The molecule has 0 aliphatic heterocycles.